The maximum absolute atomic E-state index is 12.8. The number of likely N-dealkylation sites (N-methyl/N-ethyl adjacent to an activating group) is 1. The molecule has 1 aromatic carbocycles. The average molecular weight is 412 g/mol. The molecule has 1 amide bonds. The van der Waals surface area contributed by atoms with Crippen LogP contribution in [0.15, 0.2) is 35.7 Å². The van der Waals surface area contributed by atoms with E-state index in [1.807, 2.05) is 0 Å². The summed E-state index contributed by atoms with van der Waals surface area (Å²) < 4.78 is 41.9. The monoisotopic (exact) mass is 412 g/mol. The number of sulfonamides is 1. The Hall–Kier alpha value is -2.59. The van der Waals surface area contributed by atoms with Crippen molar-refractivity contribution in [3.63, 3.8) is 0 Å². The van der Waals surface area contributed by atoms with E-state index in [0.29, 0.717) is 24.7 Å². The van der Waals surface area contributed by atoms with Crippen molar-refractivity contribution in [3.05, 3.63) is 30.9 Å². The second-order valence-electron chi connectivity index (χ2n) is 6.23. The van der Waals surface area contributed by atoms with Gasteiger partial charge in [-0.15, -0.1) is 6.58 Å². The second-order valence-corrected chi connectivity index (χ2v) is 8.27. The van der Waals surface area contributed by atoms with Crippen molar-refractivity contribution in [1.29, 1.82) is 0 Å². The van der Waals surface area contributed by atoms with Crippen LogP contribution in [0.4, 0.5) is 0 Å². The topological polar surface area (TPSA) is 111 Å². The van der Waals surface area contributed by atoms with Crippen molar-refractivity contribution in [1.82, 2.24) is 9.62 Å². The standard InChI is InChI=1S/C18H24N2O7S/c1-5-12(2)17(18(22)25-4)19-16(21)11-20(3)28(23,24)13-6-7-14-15(10-13)27-9-8-26-14/h5-7,10,12,17H,1,8-9,11H2,2-4H3,(H,19,21)/t12-,17-/m0/s1. The van der Waals surface area contributed by atoms with Gasteiger partial charge in [0.25, 0.3) is 0 Å². The Kier molecular flexibility index (Phi) is 7.03. The highest BCUT2D eigenvalue weighted by Crippen LogP contribution is 2.32. The van der Waals surface area contributed by atoms with Crippen LogP contribution in [0.2, 0.25) is 0 Å². The highest BCUT2D eigenvalue weighted by molar-refractivity contribution is 7.89. The van der Waals surface area contributed by atoms with E-state index in [1.54, 1.807) is 6.92 Å². The number of benzene rings is 1. The van der Waals surface area contributed by atoms with Crippen molar-refractivity contribution < 1.29 is 32.2 Å². The summed E-state index contributed by atoms with van der Waals surface area (Å²) in [5.41, 5.74) is 0. The molecule has 10 heteroatoms. The smallest absolute Gasteiger partial charge is 0.328 e. The predicted molar refractivity (Wildman–Crippen MR) is 101 cm³/mol. The van der Waals surface area contributed by atoms with Crippen molar-refractivity contribution in [3.8, 4) is 11.5 Å². The molecule has 0 fully saturated rings. The molecule has 2 rings (SSSR count). The van der Waals surface area contributed by atoms with E-state index in [0.717, 1.165) is 4.31 Å². The van der Waals surface area contributed by atoms with Crippen LogP contribution in [0.25, 0.3) is 0 Å². The summed E-state index contributed by atoms with van der Waals surface area (Å²) in [7, 11) is -1.48. The first kappa shape index (κ1) is 21.7. The lowest BCUT2D eigenvalue weighted by molar-refractivity contribution is -0.146. The zero-order valence-corrected chi connectivity index (χ0v) is 16.8. The van der Waals surface area contributed by atoms with Crippen LogP contribution in [0.5, 0.6) is 11.5 Å². The van der Waals surface area contributed by atoms with Crippen molar-refractivity contribution in [2.45, 2.75) is 17.9 Å². The zero-order chi connectivity index (χ0) is 20.9. The third kappa shape index (κ3) is 4.82. The van der Waals surface area contributed by atoms with Crippen LogP contribution in [0, 0.1) is 5.92 Å². The summed E-state index contributed by atoms with van der Waals surface area (Å²) in [5, 5.41) is 2.49. The van der Waals surface area contributed by atoms with Gasteiger partial charge >= 0.3 is 5.97 Å². The normalized spacial score (nSPS) is 15.4. The number of methoxy groups -OCH3 is 1. The number of rotatable bonds is 8. The number of hydrogen-bond acceptors (Lipinski definition) is 7. The van der Waals surface area contributed by atoms with Gasteiger partial charge in [-0.2, -0.15) is 4.31 Å². The van der Waals surface area contributed by atoms with Gasteiger partial charge in [0, 0.05) is 19.0 Å². The van der Waals surface area contributed by atoms with E-state index in [2.05, 4.69) is 16.6 Å². The van der Waals surface area contributed by atoms with Gasteiger partial charge in [0.15, 0.2) is 11.5 Å². The number of hydrogen-bond donors (Lipinski definition) is 1. The van der Waals surface area contributed by atoms with E-state index in [4.69, 9.17) is 9.47 Å². The molecular formula is C18H24N2O7S. The molecule has 0 spiro atoms. The zero-order valence-electron chi connectivity index (χ0n) is 16.0. The Bertz CT molecular complexity index is 853. The molecule has 154 valence electrons. The minimum atomic E-state index is -3.95. The van der Waals surface area contributed by atoms with Gasteiger partial charge in [-0.3, -0.25) is 4.79 Å². The molecule has 0 bridgehead atoms. The molecule has 0 saturated heterocycles. The first-order valence-corrected chi connectivity index (χ1v) is 10.0. The highest BCUT2D eigenvalue weighted by atomic mass is 32.2. The van der Waals surface area contributed by atoms with Crippen LogP contribution in [-0.2, 0) is 24.3 Å². The van der Waals surface area contributed by atoms with Crippen LogP contribution < -0.4 is 14.8 Å². The van der Waals surface area contributed by atoms with Gasteiger partial charge in [-0.25, -0.2) is 13.2 Å². The summed E-state index contributed by atoms with van der Waals surface area (Å²) in [6, 6.07) is 3.29. The molecule has 0 unspecified atom stereocenters. The van der Waals surface area contributed by atoms with E-state index in [-0.39, 0.29) is 4.90 Å². The van der Waals surface area contributed by atoms with Crippen LogP contribution >= 0.6 is 0 Å². The van der Waals surface area contributed by atoms with Crippen LogP contribution in [0.3, 0.4) is 0 Å². The molecule has 9 nitrogen and oxygen atoms in total. The molecule has 1 heterocycles. The van der Waals surface area contributed by atoms with Gasteiger partial charge in [-0.05, 0) is 12.1 Å². The number of nitrogens with one attached hydrogen (secondary N) is 1. The number of esters is 1. The second kappa shape index (κ2) is 9.07. The number of ether oxygens (including phenoxy) is 3. The number of nitrogens with zero attached hydrogens (tertiary/aromatic N) is 1. The number of carbonyl (C=O) groups excluding carboxylic acids is 2. The third-order valence-electron chi connectivity index (χ3n) is 4.26. The Labute approximate surface area is 164 Å². The van der Waals surface area contributed by atoms with E-state index in [9.17, 15) is 18.0 Å². The van der Waals surface area contributed by atoms with Crippen molar-refractivity contribution in [2.24, 2.45) is 5.92 Å². The van der Waals surface area contributed by atoms with Gasteiger partial charge in [-0.1, -0.05) is 13.0 Å². The molecule has 1 aliphatic rings. The van der Waals surface area contributed by atoms with Crippen molar-refractivity contribution >= 4 is 21.9 Å². The predicted octanol–water partition coefficient (Wildman–Crippen LogP) is 0.558. The Morgan fingerprint density at radius 2 is 1.96 bits per heavy atom. The lowest BCUT2D eigenvalue weighted by atomic mass is 10.0. The molecule has 0 saturated carbocycles. The summed E-state index contributed by atoms with van der Waals surface area (Å²) in [5.74, 6) is -0.886. The first-order valence-electron chi connectivity index (χ1n) is 8.56. The maximum Gasteiger partial charge on any atom is 0.328 e. The maximum atomic E-state index is 12.8. The number of fused-ring (bicyclic) bond motifs is 1. The molecule has 28 heavy (non-hydrogen) atoms. The number of amides is 1. The fourth-order valence-electron chi connectivity index (χ4n) is 2.54. The fourth-order valence-corrected chi connectivity index (χ4v) is 3.68. The third-order valence-corrected chi connectivity index (χ3v) is 6.06. The quantitative estimate of drug-likeness (QED) is 0.490. The molecule has 0 aromatic heterocycles. The lowest BCUT2D eigenvalue weighted by Crippen LogP contribution is -2.48. The lowest BCUT2D eigenvalue weighted by Gasteiger charge is -2.23. The largest absolute Gasteiger partial charge is 0.486 e. The van der Waals surface area contributed by atoms with E-state index >= 15 is 0 Å². The van der Waals surface area contributed by atoms with Gasteiger partial charge in [0.05, 0.1) is 18.6 Å². The SMILES string of the molecule is C=C[C@H](C)[C@H](NC(=O)CN(C)S(=O)(=O)c1ccc2c(c1)OCCO2)C(=O)OC. The summed E-state index contributed by atoms with van der Waals surface area (Å²) in [6.07, 6.45) is 1.50. The molecule has 1 N–H and O–H groups in total. The molecule has 1 aliphatic heterocycles. The van der Waals surface area contributed by atoms with E-state index in [1.165, 1.54) is 38.4 Å². The molecule has 0 radical (unpaired) electrons. The van der Waals surface area contributed by atoms with Crippen LogP contribution in [-0.4, -0.2) is 64.6 Å². The summed E-state index contributed by atoms with van der Waals surface area (Å²) in [4.78, 5) is 24.1. The Morgan fingerprint density at radius 1 is 1.32 bits per heavy atom. The minimum absolute atomic E-state index is 0.0315. The minimum Gasteiger partial charge on any atom is -0.486 e. The van der Waals surface area contributed by atoms with Gasteiger partial charge in [0.2, 0.25) is 15.9 Å². The highest BCUT2D eigenvalue weighted by Gasteiger charge is 2.29. The fraction of sp³-hybridized carbons (Fsp3) is 0.444. The van der Waals surface area contributed by atoms with Gasteiger partial charge < -0.3 is 19.5 Å². The average Bonchev–Trinajstić information content (AvgIpc) is 2.70. The van der Waals surface area contributed by atoms with Crippen molar-refractivity contribution in [2.75, 3.05) is 33.9 Å². The van der Waals surface area contributed by atoms with Crippen LogP contribution in [0.1, 0.15) is 6.92 Å². The van der Waals surface area contributed by atoms with E-state index < -0.39 is 40.4 Å². The Morgan fingerprint density at radius 3 is 2.57 bits per heavy atom. The van der Waals surface area contributed by atoms with Gasteiger partial charge in [0.1, 0.15) is 19.3 Å². The first-order chi connectivity index (χ1) is 13.2. The molecule has 0 aliphatic carbocycles. The number of carbonyl (C=O) groups is 2. The molecule has 2 atom stereocenters. The molecule has 1 aromatic rings. The molecular weight excluding hydrogens is 388 g/mol. The summed E-state index contributed by atoms with van der Waals surface area (Å²) in [6.45, 7) is 5.52. The summed E-state index contributed by atoms with van der Waals surface area (Å²) >= 11 is 0. The Balaban J connectivity index is 2.11.